The van der Waals surface area contributed by atoms with Crippen LogP contribution in [0.5, 0.6) is 0 Å². The van der Waals surface area contributed by atoms with E-state index >= 15 is 0 Å². The Kier molecular flexibility index (Phi) is 6.09. The molecule has 0 spiro atoms. The summed E-state index contributed by atoms with van der Waals surface area (Å²) in [5.74, 6) is -0.0666. The number of rotatable bonds is 6. The maximum Gasteiger partial charge on any atom is 0.244 e. The van der Waals surface area contributed by atoms with Gasteiger partial charge in [0.1, 0.15) is 0 Å². The fraction of sp³-hybridized carbons (Fsp3) is 0.400. The molecule has 0 aliphatic rings. The van der Waals surface area contributed by atoms with Gasteiger partial charge >= 0.3 is 0 Å². The number of carbonyl (C=O) groups is 1. The number of nitrogens with two attached hydrogens (primary N) is 1. The number of nitrogens with zero attached hydrogens (tertiary/aromatic N) is 1. The van der Waals surface area contributed by atoms with Gasteiger partial charge in [-0.05, 0) is 57.8 Å². The number of benzene rings is 1. The van der Waals surface area contributed by atoms with Crippen molar-refractivity contribution in [3.8, 4) is 0 Å². The molecular formula is C15H23N3O. The third-order valence-corrected chi connectivity index (χ3v) is 2.76. The minimum atomic E-state index is -0.0666. The average molecular weight is 261 g/mol. The lowest BCUT2D eigenvalue weighted by atomic mass is 10.2. The van der Waals surface area contributed by atoms with Crippen LogP contribution in [0.4, 0.5) is 5.69 Å². The lowest BCUT2D eigenvalue weighted by Gasteiger charge is -2.15. The van der Waals surface area contributed by atoms with Crippen LogP contribution in [0.15, 0.2) is 30.3 Å². The van der Waals surface area contributed by atoms with Crippen LogP contribution in [0.2, 0.25) is 0 Å². The van der Waals surface area contributed by atoms with Gasteiger partial charge in [-0.3, -0.25) is 4.79 Å². The van der Waals surface area contributed by atoms with Gasteiger partial charge in [-0.15, -0.1) is 0 Å². The topological polar surface area (TPSA) is 58.4 Å². The predicted molar refractivity (Wildman–Crippen MR) is 80.7 cm³/mol. The molecule has 0 radical (unpaired) electrons. The Morgan fingerprint density at radius 2 is 2.00 bits per heavy atom. The van der Waals surface area contributed by atoms with Crippen LogP contribution >= 0.6 is 0 Å². The molecule has 1 aromatic carbocycles. The summed E-state index contributed by atoms with van der Waals surface area (Å²) in [5.41, 5.74) is 7.28. The minimum absolute atomic E-state index is 0.0666. The molecule has 3 N–H and O–H groups in total. The van der Waals surface area contributed by atoms with Crippen molar-refractivity contribution in [2.75, 3.05) is 26.4 Å². The van der Waals surface area contributed by atoms with Crippen LogP contribution in [0.25, 0.3) is 6.08 Å². The van der Waals surface area contributed by atoms with E-state index in [1.807, 2.05) is 45.3 Å². The highest BCUT2D eigenvalue weighted by Gasteiger charge is 2.04. The second kappa shape index (κ2) is 7.59. The maximum atomic E-state index is 11.7. The highest BCUT2D eigenvalue weighted by Crippen LogP contribution is 2.06. The van der Waals surface area contributed by atoms with Crippen LogP contribution < -0.4 is 11.1 Å². The lowest BCUT2D eigenvalue weighted by Crippen LogP contribution is -2.33. The Bertz CT molecular complexity index is 424. The first-order valence-electron chi connectivity index (χ1n) is 6.46. The molecule has 104 valence electrons. The second-order valence-corrected chi connectivity index (χ2v) is 5.00. The molecule has 4 nitrogen and oxygen atoms in total. The summed E-state index contributed by atoms with van der Waals surface area (Å²) in [5, 5.41) is 2.94. The zero-order valence-electron chi connectivity index (χ0n) is 11.9. The number of carbonyl (C=O) groups excluding carboxylic acids is 1. The summed E-state index contributed by atoms with van der Waals surface area (Å²) >= 11 is 0. The largest absolute Gasteiger partial charge is 0.399 e. The molecule has 0 aliphatic carbocycles. The molecule has 0 heterocycles. The first-order valence-corrected chi connectivity index (χ1v) is 6.46. The van der Waals surface area contributed by atoms with E-state index in [1.165, 1.54) is 0 Å². The predicted octanol–water partition coefficient (Wildman–Crippen LogP) is 1.74. The van der Waals surface area contributed by atoms with E-state index in [0.717, 1.165) is 24.2 Å². The smallest absolute Gasteiger partial charge is 0.244 e. The third kappa shape index (κ3) is 6.62. The molecule has 0 aromatic heterocycles. The van der Waals surface area contributed by atoms with Crippen molar-refractivity contribution < 1.29 is 4.79 Å². The fourth-order valence-corrected chi connectivity index (χ4v) is 1.59. The van der Waals surface area contributed by atoms with Gasteiger partial charge in [-0.25, -0.2) is 0 Å². The van der Waals surface area contributed by atoms with Gasteiger partial charge in [-0.2, -0.15) is 0 Å². The number of nitrogen functional groups attached to an aromatic ring is 1. The van der Waals surface area contributed by atoms with Crippen molar-refractivity contribution in [2.45, 2.75) is 19.4 Å². The third-order valence-electron chi connectivity index (χ3n) is 2.76. The number of hydrogen-bond acceptors (Lipinski definition) is 3. The Morgan fingerprint density at radius 1 is 1.37 bits per heavy atom. The van der Waals surface area contributed by atoms with Crippen LogP contribution in [0.3, 0.4) is 0 Å². The minimum Gasteiger partial charge on any atom is -0.399 e. The molecule has 1 atom stereocenters. The van der Waals surface area contributed by atoms with Crippen molar-refractivity contribution in [1.82, 2.24) is 10.2 Å². The molecule has 0 bridgehead atoms. The summed E-state index contributed by atoms with van der Waals surface area (Å²) in [4.78, 5) is 13.8. The van der Waals surface area contributed by atoms with E-state index in [1.54, 1.807) is 12.2 Å². The SMILES string of the molecule is CC(CCN(C)C)NC(=O)/C=C/c1ccc(N)cc1. The fourth-order valence-electron chi connectivity index (χ4n) is 1.59. The van der Waals surface area contributed by atoms with Crippen molar-refractivity contribution in [2.24, 2.45) is 0 Å². The first-order chi connectivity index (χ1) is 8.97. The maximum absolute atomic E-state index is 11.7. The number of nitrogens with one attached hydrogen (secondary N) is 1. The van der Waals surface area contributed by atoms with Crippen LogP contribution in [-0.2, 0) is 4.79 Å². The average Bonchev–Trinajstić information content (AvgIpc) is 2.36. The number of amides is 1. The summed E-state index contributed by atoms with van der Waals surface area (Å²) in [6.45, 7) is 2.97. The normalized spacial score (nSPS) is 12.8. The van der Waals surface area contributed by atoms with Gasteiger partial charge in [0.25, 0.3) is 0 Å². The van der Waals surface area contributed by atoms with Crippen molar-refractivity contribution in [3.63, 3.8) is 0 Å². The van der Waals surface area contributed by atoms with E-state index < -0.39 is 0 Å². The molecule has 1 aromatic rings. The van der Waals surface area contributed by atoms with Crippen molar-refractivity contribution >= 4 is 17.7 Å². The second-order valence-electron chi connectivity index (χ2n) is 5.00. The van der Waals surface area contributed by atoms with Gasteiger partial charge in [0.05, 0.1) is 0 Å². The Labute approximate surface area is 115 Å². The molecule has 4 heteroatoms. The zero-order valence-corrected chi connectivity index (χ0v) is 11.9. The van der Waals surface area contributed by atoms with Crippen LogP contribution in [0, 0.1) is 0 Å². The van der Waals surface area contributed by atoms with Gasteiger partial charge in [0.15, 0.2) is 0 Å². The highest BCUT2D eigenvalue weighted by molar-refractivity contribution is 5.91. The molecule has 0 saturated carbocycles. The lowest BCUT2D eigenvalue weighted by molar-refractivity contribution is -0.117. The summed E-state index contributed by atoms with van der Waals surface area (Å²) < 4.78 is 0. The molecular weight excluding hydrogens is 238 g/mol. The molecule has 0 saturated heterocycles. The molecule has 1 rings (SSSR count). The quantitative estimate of drug-likeness (QED) is 0.606. The summed E-state index contributed by atoms with van der Waals surface area (Å²) in [6.07, 6.45) is 4.28. The van der Waals surface area contributed by atoms with Crippen molar-refractivity contribution in [1.29, 1.82) is 0 Å². The van der Waals surface area contributed by atoms with Gasteiger partial charge in [-0.1, -0.05) is 12.1 Å². The summed E-state index contributed by atoms with van der Waals surface area (Å²) in [7, 11) is 4.05. The van der Waals surface area contributed by atoms with E-state index in [4.69, 9.17) is 5.73 Å². The molecule has 19 heavy (non-hydrogen) atoms. The van der Waals surface area contributed by atoms with Gasteiger partial charge < -0.3 is 16.0 Å². The van der Waals surface area contributed by atoms with E-state index in [0.29, 0.717) is 0 Å². The first kappa shape index (κ1) is 15.2. The number of anilines is 1. The van der Waals surface area contributed by atoms with Crippen LogP contribution in [-0.4, -0.2) is 37.5 Å². The standard InChI is InChI=1S/C15H23N3O/c1-12(10-11-18(2)3)17-15(19)9-6-13-4-7-14(16)8-5-13/h4-9,12H,10-11,16H2,1-3H3,(H,17,19)/b9-6+. The van der Waals surface area contributed by atoms with Crippen LogP contribution in [0.1, 0.15) is 18.9 Å². The number of hydrogen-bond donors (Lipinski definition) is 2. The van der Waals surface area contributed by atoms with E-state index in [9.17, 15) is 4.79 Å². The van der Waals surface area contributed by atoms with Crippen molar-refractivity contribution in [3.05, 3.63) is 35.9 Å². The Balaban J connectivity index is 2.40. The van der Waals surface area contributed by atoms with E-state index in [-0.39, 0.29) is 11.9 Å². The summed E-state index contributed by atoms with van der Waals surface area (Å²) in [6, 6.07) is 7.57. The molecule has 1 unspecified atom stereocenters. The molecule has 0 aliphatic heterocycles. The Hall–Kier alpha value is -1.81. The molecule has 0 fully saturated rings. The monoisotopic (exact) mass is 261 g/mol. The van der Waals surface area contributed by atoms with Gasteiger partial charge in [0.2, 0.25) is 5.91 Å². The zero-order chi connectivity index (χ0) is 14.3. The van der Waals surface area contributed by atoms with E-state index in [2.05, 4.69) is 10.2 Å². The molecule has 1 amide bonds. The highest BCUT2D eigenvalue weighted by atomic mass is 16.1. The Morgan fingerprint density at radius 3 is 2.58 bits per heavy atom. The van der Waals surface area contributed by atoms with Gasteiger partial charge in [0, 0.05) is 17.8 Å².